The fourth-order valence-corrected chi connectivity index (χ4v) is 2.20. The van der Waals surface area contributed by atoms with E-state index in [1.54, 1.807) is 0 Å². The molecule has 4 heteroatoms. The SMILES string of the molecule is CN(C)CCNC(CN)c1cncc2ccccc12. The maximum absolute atomic E-state index is 5.91. The highest BCUT2D eigenvalue weighted by molar-refractivity contribution is 5.85. The summed E-state index contributed by atoms with van der Waals surface area (Å²) in [6, 6.07) is 8.45. The zero-order valence-corrected chi connectivity index (χ0v) is 11.6. The highest BCUT2D eigenvalue weighted by Gasteiger charge is 2.12. The average molecular weight is 258 g/mol. The van der Waals surface area contributed by atoms with Crippen molar-refractivity contribution >= 4 is 10.8 Å². The Morgan fingerprint density at radius 3 is 2.79 bits per heavy atom. The van der Waals surface area contributed by atoms with E-state index in [9.17, 15) is 0 Å². The Bertz CT molecular complexity index is 519. The first-order valence-electron chi connectivity index (χ1n) is 6.63. The lowest BCUT2D eigenvalue weighted by Crippen LogP contribution is -2.33. The van der Waals surface area contributed by atoms with E-state index in [1.807, 2.05) is 18.5 Å². The molecule has 0 saturated carbocycles. The van der Waals surface area contributed by atoms with Crippen LogP contribution in [0.5, 0.6) is 0 Å². The van der Waals surface area contributed by atoms with E-state index in [1.165, 1.54) is 10.9 Å². The summed E-state index contributed by atoms with van der Waals surface area (Å²) in [4.78, 5) is 6.47. The first-order chi connectivity index (χ1) is 9.22. The summed E-state index contributed by atoms with van der Waals surface area (Å²) in [6.45, 7) is 2.48. The molecule has 0 spiro atoms. The Kier molecular flexibility index (Phi) is 4.85. The van der Waals surface area contributed by atoms with Crippen LogP contribution in [-0.2, 0) is 0 Å². The molecule has 1 heterocycles. The van der Waals surface area contributed by atoms with Crippen molar-refractivity contribution in [1.82, 2.24) is 15.2 Å². The Balaban J connectivity index is 2.20. The van der Waals surface area contributed by atoms with E-state index < -0.39 is 0 Å². The van der Waals surface area contributed by atoms with Gasteiger partial charge >= 0.3 is 0 Å². The number of fused-ring (bicyclic) bond motifs is 1. The highest BCUT2D eigenvalue weighted by atomic mass is 15.1. The number of nitrogens with zero attached hydrogens (tertiary/aromatic N) is 2. The predicted molar refractivity (Wildman–Crippen MR) is 80.1 cm³/mol. The first-order valence-corrected chi connectivity index (χ1v) is 6.63. The Morgan fingerprint density at radius 1 is 1.26 bits per heavy atom. The van der Waals surface area contributed by atoms with Crippen molar-refractivity contribution in [2.45, 2.75) is 6.04 Å². The lowest BCUT2D eigenvalue weighted by Gasteiger charge is -2.20. The second kappa shape index (κ2) is 6.61. The van der Waals surface area contributed by atoms with Crippen LogP contribution in [-0.4, -0.2) is 43.6 Å². The molecule has 0 aliphatic carbocycles. The summed E-state index contributed by atoms with van der Waals surface area (Å²) in [7, 11) is 4.14. The summed E-state index contributed by atoms with van der Waals surface area (Å²) in [6.07, 6.45) is 3.81. The van der Waals surface area contributed by atoms with Crippen LogP contribution < -0.4 is 11.1 Å². The van der Waals surface area contributed by atoms with Gasteiger partial charge in [-0.1, -0.05) is 24.3 Å². The number of nitrogens with two attached hydrogens (primary N) is 1. The predicted octanol–water partition coefficient (Wildman–Crippen LogP) is 1.39. The Morgan fingerprint density at radius 2 is 2.05 bits per heavy atom. The molecular weight excluding hydrogens is 236 g/mol. The summed E-state index contributed by atoms with van der Waals surface area (Å²) < 4.78 is 0. The van der Waals surface area contributed by atoms with Gasteiger partial charge in [-0.15, -0.1) is 0 Å². The maximum Gasteiger partial charge on any atom is 0.0466 e. The van der Waals surface area contributed by atoms with Crippen molar-refractivity contribution in [3.8, 4) is 0 Å². The summed E-state index contributed by atoms with van der Waals surface area (Å²) in [5.74, 6) is 0. The second-order valence-corrected chi connectivity index (χ2v) is 5.00. The molecule has 1 aromatic carbocycles. The minimum atomic E-state index is 0.151. The summed E-state index contributed by atoms with van der Waals surface area (Å²) >= 11 is 0. The van der Waals surface area contributed by atoms with Crippen LogP contribution in [0.1, 0.15) is 11.6 Å². The van der Waals surface area contributed by atoms with Gasteiger partial charge in [-0.05, 0) is 25.0 Å². The largest absolute Gasteiger partial charge is 0.329 e. The zero-order valence-electron chi connectivity index (χ0n) is 11.6. The van der Waals surface area contributed by atoms with E-state index in [2.05, 4.69) is 47.5 Å². The monoisotopic (exact) mass is 258 g/mol. The van der Waals surface area contributed by atoms with Crippen LogP contribution in [0.15, 0.2) is 36.7 Å². The number of aromatic nitrogens is 1. The van der Waals surface area contributed by atoms with E-state index in [4.69, 9.17) is 5.73 Å². The first kappa shape index (κ1) is 13.9. The molecule has 0 bridgehead atoms. The topological polar surface area (TPSA) is 54.2 Å². The van der Waals surface area contributed by atoms with Gasteiger partial charge in [-0.25, -0.2) is 0 Å². The number of benzene rings is 1. The molecule has 4 nitrogen and oxygen atoms in total. The van der Waals surface area contributed by atoms with Gasteiger partial charge in [0.1, 0.15) is 0 Å². The van der Waals surface area contributed by atoms with Crippen molar-refractivity contribution in [3.63, 3.8) is 0 Å². The smallest absolute Gasteiger partial charge is 0.0466 e. The van der Waals surface area contributed by atoms with Gasteiger partial charge in [-0.3, -0.25) is 4.98 Å². The van der Waals surface area contributed by atoms with Crippen molar-refractivity contribution in [2.75, 3.05) is 33.7 Å². The van der Waals surface area contributed by atoms with Crippen LogP contribution in [0, 0.1) is 0 Å². The van der Waals surface area contributed by atoms with E-state index in [-0.39, 0.29) is 6.04 Å². The van der Waals surface area contributed by atoms with Crippen molar-refractivity contribution in [1.29, 1.82) is 0 Å². The number of nitrogens with one attached hydrogen (secondary N) is 1. The number of rotatable bonds is 6. The highest BCUT2D eigenvalue weighted by Crippen LogP contribution is 2.22. The molecular formula is C15H22N4. The van der Waals surface area contributed by atoms with Gasteiger partial charge in [-0.2, -0.15) is 0 Å². The molecule has 0 saturated heterocycles. The van der Waals surface area contributed by atoms with E-state index in [0.29, 0.717) is 6.54 Å². The minimum Gasteiger partial charge on any atom is -0.329 e. The second-order valence-electron chi connectivity index (χ2n) is 5.00. The molecule has 0 fully saturated rings. The normalized spacial score (nSPS) is 13.1. The van der Waals surface area contributed by atoms with E-state index >= 15 is 0 Å². The van der Waals surface area contributed by atoms with Gasteiger partial charge in [0.2, 0.25) is 0 Å². The minimum absolute atomic E-state index is 0.151. The van der Waals surface area contributed by atoms with Crippen molar-refractivity contribution in [2.24, 2.45) is 5.73 Å². The molecule has 0 aliphatic rings. The molecule has 19 heavy (non-hydrogen) atoms. The number of hydrogen-bond donors (Lipinski definition) is 2. The molecule has 0 aliphatic heterocycles. The summed E-state index contributed by atoms with van der Waals surface area (Å²) in [5.41, 5.74) is 7.09. The number of hydrogen-bond acceptors (Lipinski definition) is 4. The number of likely N-dealkylation sites (N-methyl/N-ethyl adjacent to an activating group) is 1. The Hall–Kier alpha value is -1.49. The van der Waals surface area contributed by atoms with Gasteiger partial charge in [0, 0.05) is 43.5 Å². The maximum atomic E-state index is 5.91. The van der Waals surface area contributed by atoms with Gasteiger partial charge in [0.15, 0.2) is 0 Å². The van der Waals surface area contributed by atoms with Gasteiger partial charge in [0.25, 0.3) is 0 Å². The van der Waals surface area contributed by atoms with Gasteiger partial charge in [0.05, 0.1) is 0 Å². The molecule has 3 N–H and O–H groups in total. The molecule has 102 valence electrons. The van der Waals surface area contributed by atoms with E-state index in [0.717, 1.165) is 18.5 Å². The van der Waals surface area contributed by atoms with Crippen molar-refractivity contribution in [3.05, 3.63) is 42.2 Å². The van der Waals surface area contributed by atoms with Crippen LogP contribution in [0.3, 0.4) is 0 Å². The fraction of sp³-hybridized carbons (Fsp3) is 0.400. The van der Waals surface area contributed by atoms with Crippen LogP contribution >= 0.6 is 0 Å². The lowest BCUT2D eigenvalue weighted by molar-refractivity contribution is 0.386. The molecule has 1 atom stereocenters. The van der Waals surface area contributed by atoms with Crippen LogP contribution in [0.4, 0.5) is 0 Å². The Labute approximate surface area is 114 Å². The third-order valence-electron chi connectivity index (χ3n) is 3.26. The van der Waals surface area contributed by atoms with Gasteiger partial charge < -0.3 is 16.0 Å². The van der Waals surface area contributed by atoms with Crippen LogP contribution in [0.25, 0.3) is 10.8 Å². The average Bonchev–Trinajstić information content (AvgIpc) is 2.43. The molecule has 2 aromatic rings. The third kappa shape index (κ3) is 3.50. The quantitative estimate of drug-likeness (QED) is 0.822. The lowest BCUT2D eigenvalue weighted by atomic mass is 10.0. The molecule has 2 rings (SSSR count). The summed E-state index contributed by atoms with van der Waals surface area (Å²) in [5, 5.41) is 5.89. The molecule has 1 unspecified atom stereocenters. The van der Waals surface area contributed by atoms with Crippen LogP contribution in [0.2, 0.25) is 0 Å². The standard InChI is InChI=1S/C15H22N4/c1-19(2)8-7-18-15(9-16)14-11-17-10-12-5-3-4-6-13(12)14/h3-6,10-11,15,18H,7-9,16H2,1-2H3. The number of pyridine rings is 1. The molecule has 0 radical (unpaired) electrons. The fourth-order valence-electron chi connectivity index (χ4n) is 2.20. The van der Waals surface area contributed by atoms with Crippen molar-refractivity contribution < 1.29 is 0 Å². The molecule has 0 amide bonds. The zero-order chi connectivity index (χ0) is 13.7. The molecule has 1 aromatic heterocycles. The third-order valence-corrected chi connectivity index (χ3v) is 3.26.